The summed E-state index contributed by atoms with van der Waals surface area (Å²) in [5, 5.41) is 3.43. The second-order valence-electron chi connectivity index (χ2n) is 3.89. The standard InChI is InChI=1S/C13H13N3O4S/c1-19-13-5-4-12(7-10(13)3-2-6-14)21(17,18)16-11-8-15-20-9-11/h4-5,7-9,16H,6,14H2,1H3. The second kappa shape index (κ2) is 6.30. The van der Waals surface area contributed by atoms with Crippen LogP contribution in [0.4, 0.5) is 5.69 Å². The van der Waals surface area contributed by atoms with Crippen LogP contribution in [0, 0.1) is 11.8 Å². The number of benzene rings is 1. The van der Waals surface area contributed by atoms with Crippen LogP contribution >= 0.6 is 0 Å². The van der Waals surface area contributed by atoms with Crippen LogP contribution in [0.2, 0.25) is 0 Å². The van der Waals surface area contributed by atoms with Crippen LogP contribution < -0.4 is 15.2 Å². The number of aromatic nitrogens is 1. The van der Waals surface area contributed by atoms with Crippen molar-refractivity contribution >= 4 is 15.7 Å². The molecule has 0 bridgehead atoms. The van der Waals surface area contributed by atoms with Crippen molar-refractivity contribution in [2.75, 3.05) is 18.4 Å². The van der Waals surface area contributed by atoms with Gasteiger partial charge in [-0.2, -0.15) is 0 Å². The zero-order valence-corrected chi connectivity index (χ0v) is 12.0. The van der Waals surface area contributed by atoms with E-state index >= 15 is 0 Å². The van der Waals surface area contributed by atoms with Crippen molar-refractivity contribution in [2.24, 2.45) is 5.73 Å². The number of ether oxygens (including phenoxy) is 1. The normalized spacial score (nSPS) is 10.6. The van der Waals surface area contributed by atoms with Gasteiger partial charge in [-0.3, -0.25) is 4.72 Å². The Hall–Kier alpha value is -2.50. The number of rotatable bonds is 4. The Kier molecular flexibility index (Phi) is 4.47. The molecule has 8 heteroatoms. The molecule has 0 radical (unpaired) electrons. The van der Waals surface area contributed by atoms with Gasteiger partial charge in [-0.1, -0.05) is 17.0 Å². The summed E-state index contributed by atoms with van der Waals surface area (Å²) in [4.78, 5) is 0.0471. The molecule has 2 rings (SSSR count). The van der Waals surface area contributed by atoms with Crippen molar-refractivity contribution in [3.05, 3.63) is 36.2 Å². The van der Waals surface area contributed by atoms with Crippen LogP contribution in [-0.4, -0.2) is 27.2 Å². The number of methoxy groups -OCH3 is 1. The first-order valence-electron chi connectivity index (χ1n) is 5.86. The van der Waals surface area contributed by atoms with Gasteiger partial charge in [-0.05, 0) is 18.2 Å². The van der Waals surface area contributed by atoms with Gasteiger partial charge in [0.2, 0.25) is 0 Å². The SMILES string of the molecule is COc1ccc(S(=O)(=O)Nc2cnoc2)cc1C#CCN. The Morgan fingerprint density at radius 1 is 1.48 bits per heavy atom. The molecule has 0 atom stereocenters. The molecule has 0 fully saturated rings. The topological polar surface area (TPSA) is 107 Å². The van der Waals surface area contributed by atoms with E-state index in [1.807, 2.05) is 0 Å². The summed E-state index contributed by atoms with van der Waals surface area (Å²) in [5.41, 5.74) is 6.00. The van der Waals surface area contributed by atoms with Gasteiger partial charge in [0.25, 0.3) is 10.0 Å². The largest absolute Gasteiger partial charge is 0.495 e. The third-order valence-electron chi connectivity index (χ3n) is 2.49. The quantitative estimate of drug-likeness (QED) is 0.809. The van der Waals surface area contributed by atoms with Gasteiger partial charge in [-0.25, -0.2) is 8.42 Å². The molecule has 0 aliphatic carbocycles. The summed E-state index contributed by atoms with van der Waals surface area (Å²) < 4.78 is 36.5. The average Bonchev–Trinajstić information content (AvgIpc) is 2.96. The van der Waals surface area contributed by atoms with Crippen LogP contribution in [0.15, 0.2) is 40.1 Å². The maximum atomic E-state index is 12.2. The number of nitrogens with one attached hydrogen (secondary N) is 1. The molecule has 0 amide bonds. The monoisotopic (exact) mass is 307 g/mol. The molecule has 0 spiro atoms. The Balaban J connectivity index is 2.39. The predicted molar refractivity (Wildman–Crippen MR) is 76.2 cm³/mol. The Labute approximate surface area is 122 Å². The van der Waals surface area contributed by atoms with Crippen molar-refractivity contribution in [3.8, 4) is 17.6 Å². The third-order valence-corrected chi connectivity index (χ3v) is 3.87. The van der Waals surface area contributed by atoms with E-state index in [1.165, 1.54) is 37.8 Å². The highest BCUT2D eigenvalue weighted by atomic mass is 32.2. The lowest BCUT2D eigenvalue weighted by molar-refractivity contribution is 0.413. The summed E-state index contributed by atoms with van der Waals surface area (Å²) in [5.74, 6) is 5.91. The van der Waals surface area contributed by atoms with Crippen LogP contribution in [0.5, 0.6) is 5.75 Å². The summed E-state index contributed by atoms with van der Waals surface area (Å²) in [6, 6.07) is 4.36. The highest BCUT2D eigenvalue weighted by Gasteiger charge is 2.17. The van der Waals surface area contributed by atoms with Gasteiger partial charge in [0.1, 0.15) is 17.7 Å². The first kappa shape index (κ1) is 14.9. The van der Waals surface area contributed by atoms with Crippen molar-refractivity contribution in [3.63, 3.8) is 0 Å². The molecule has 0 saturated heterocycles. The Bertz CT molecular complexity index is 773. The Morgan fingerprint density at radius 2 is 2.29 bits per heavy atom. The van der Waals surface area contributed by atoms with Gasteiger partial charge in [0.15, 0.2) is 0 Å². The molecule has 0 unspecified atom stereocenters. The summed E-state index contributed by atoms with van der Waals surface area (Å²) in [6.45, 7) is 0.166. The van der Waals surface area contributed by atoms with Crippen molar-refractivity contribution < 1.29 is 17.7 Å². The van der Waals surface area contributed by atoms with Gasteiger partial charge < -0.3 is 15.0 Å². The molecule has 1 aromatic heterocycles. The minimum absolute atomic E-state index is 0.0471. The van der Waals surface area contributed by atoms with Crippen LogP contribution in [0.3, 0.4) is 0 Å². The molecule has 2 aromatic rings. The number of anilines is 1. The van der Waals surface area contributed by atoms with Gasteiger partial charge in [0.05, 0.1) is 30.3 Å². The van der Waals surface area contributed by atoms with Gasteiger partial charge >= 0.3 is 0 Å². The first-order chi connectivity index (χ1) is 10.1. The maximum Gasteiger partial charge on any atom is 0.262 e. The zero-order valence-electron chi connectivity index (χ0n) is 11.2. The van der Waals surface area contributed by atoms with E-state index in [0.29, 0.717) is 11.3 Å². The fourth-order valence-electron chi connectivity index (χ4n) is 1.57. The maximum absolute atomic E-state index is 12.2. The van der Waals surface area contributed by atoms with Crippen LogP contribution in [-0.2, 0) is 10.0 Å². The second-order valence-corrected chi connectivity index (χ2v) is 5.57. The summed E-state index contributed by atoms with van der Waals surface area (Å²) >= 11 is 0. The summed E-state index contributed by atoms with van der Waals surface area (Å²) in [6.07, 6.45) is 2.45. The highest BCUT2D eigenvalue weighted by molar-refractivity contribution is 7.92. The van der Waals surface area contributed by atoms with E-state index in [1.54, 1.807) is 0 Å². The third kappa shape index (κ3) is 3.53. The minimum atomic E-state index is -3.76. The highest BCUT2D eigenvalue weighted by Crippen LogP contribution is 2.23. The number of hydrogen-bond acceptors (Lipinski definition) is 6. The number of nitrogens with zero attached hydrogens (tertiary/aromatic N) is 1. The number of hydrogen-bond donors (Lipinski definition) is 2. The molecule has 21 heavy (non-hydrogen) atoms. The fourth-order valence-corrected chi connectivity index (χ4v) is 2.62. The summed E-state index contributed by atoms with van der Waals surface area (Å²) in [7, 11) is -2.28. The van der Waals surface area contributed by atoms with E-state index in [2.05, 4.69) is 26.2 Å². The van der Waals surface area contributed by atoms with E-state index in [4.69, 9.17) is 10.5 Å². The van der Waals surface area contributed by atoms with Crippen molar-refractivity contribution in [1.29, 1.82) is 0 Å². The average molecular weight is 307 g/mol. The van der Waals surface area contributed by atoms with E-state index in [-0.39, 0.29) is 17.1 Å². The smallest absolute Gasteiger partial charge is 0.262 e. The fraction of sp³-hybridized carbons (Fsp3) is 0.154. The predicted octanol–water partition coefficient (Wildman–Crippen LogP) is 0.794. The van der Waals surface area contributed by atoms with Gasteiger partial charge in [-0.15, -0.1) is 0 Å². The van der Waals surface area contributed by atoms with Crippen LogP contribution in [0.1, 0.15) is 5.56 Å². The lowest BCUT2D eigenvalue weighted by atomic mass is 10.2. The number of sulfonamides is 1. The zero-order chi connectivity index (χ0) is 15.3. The van der Waals surface area contributed by atoms with Crippen molar-refractivity contribution in [1.82, 2.24) is 5.16 Å². The first-order valence-corrected chi connectivity index (χ1v) is 7.34. The molecule has 110 valence electrons. The molecule has 7 nitrogen and oxygen atoms in total. The lowest BCUT2D eigenvalue weighted by Crippen LogP contribution is -2.12. The molecule has 1 heterocycles. The van der Waals surface area contributed by atoms with E-state index in [9.17, 15) is 8.42 Å². The molecule has 0 saturated carbocycles. The molecule has 0 aliphatic rings. The molecular weight excluding hydrogens is 294 g/mol. The molecular formula is C13H13N3O4S. The van der Waals surface area contributed by atoms with Gasteiger partial charge in [0, 0.05) is 0 Å². The lowest BCUT2D eigenvalue weighted by Gasteiger charge is -2.08. The molecule has 1 aromatic carbocycles. The molecule has 3 N–H and O–H groups in total. The van der Waals surface area contributed by atoms with Crippen molar-refractivity contribution in [2.45, 2.75) is 4.90 Å². The van der Waals surface area contributed by atoms with E-state index in [0.717, 1.165) is 0 Å². The molecule has 0 aliphatic heterocycles. The minimum Gasteiger partial charge on any atom is -0.495 e. The van der Waals surface area contributed by atoms with Crippen LogP contribution in [0.25, 0.3) is 0 Å². The van der Waals surface area contributed by atoms with E-state index < -0.39 is 10.0 Å². The Morgan fingerprint density at radius 3 is 2.90 bits per heavy atom. The number of nitrogens with two attached hydrogens (primary N) is 1.